The van der Waals surface area contributed by atoms with Gasteiger partial charge in [0, 0.05) is 29.2 Å². The highest BCUT2D eigenvalue weighted by Crippen LogP contribution is 2.19. The first-order valence-corrected chi connectivity index (χ1v) is 8.61. The molecule has 9 heteroatoms. The van der Waals surface area contributed by atoms with Crippen molar-refractivity contribution in [1.29, 1.82) is 0 Å². The van der Waals surface area contributed by atoms with Gasteiger partial charge in [0.2, 0.25) is 11.9 Å². The maximum atomic E-state index is 5.17. The molecule has 0 unspecified atom stereocenters. The fraction of sp³-hybridized carbons (Fsp3) is 0.235. The summed E-state index contributed by atoms with van der Waals surface area (Å²) in [6, 6.07) is 9.65. The number of nitrogens with zero attached hydrogens (tertiary/aromatic N) is 4. The minimum absolute atomic E-state index is 0.417. The summed E-state index contributed by atoms with van der Waals surface area (Å²) in [4.78, 5) is 13.1. The first-order valence-electron chi connectivity index (χ1n) is 8.20. The van der Waals surface area contributed by atoms with Crippen LogP contribution in [0.25, 0.3) is 11.4 Å². The van der Waals surface area contributed by atoms with E-state index < -0.39 is 0 Å². The molecule has 2 aromatic heterocycles. The van der Waals surface area contributed by atoms with E-state index in [0.29, 0.717) is 22.8 Å². The van der Waals surface area contributed by atoms with Crippen LogP contribution in [0.1, 0.15) is 18.3 Å². The minimum atomic E-state index is 0.417. The third-order valence-corrected chi connectivity index (χ3v) is 3.69. The van der Waals surface area contributed by atoms with Gasteiger partial charge in [0.05, 0.1) is 0 Å². The SMILES string of the molecule is CCNC(=S)Nc1ccc(-c2nc(Nc3nc(C)cc(C)n3)n[nH]2)cc1. The van der Waals surface area contributed by atoms with Crippen molar-refractivity contribution in [3.63, 3.8) is 0 Å². The normalized spacial score (nSPS) is 10.4. The Bertz CT molecular complexity index is 883. The molecule has 2 heterocycles. The third-order valence-electron chi connectivity index (χ3n) is 3.44. The van der Waals surface area contributed by atoms with Crippen molar-refractivity contribution in [2.24, 2.45) is 0 Å². The van der Waals surface area contributed by atoms with E-state index in [1.54, 1.807) is 0 Å². The van der Waals surface area contributed by atoms with E-state index in [9.17, 15) is 0 Å². The lowest BCUT2D eigenvalue weighted by Crippen LogP contribution is -2.27. The molecule has 0 spiro atoms. The number of anilines is 3. The maximum absolute atomic E-state index is 5.17. The van der Waals surface area contributed by atoms with E-state index in [4.69, 9.17) is 12.2 Å². The number of aryl methyl sites for hydroxylation is 2. The summed E-state index contributed by atoms with van der Waals surface area (Å²) >= 11 is 5.17. The van der Waals surface area contributed by atoms with Crippen molar-refractivity contribution in [3.05, 3.63) is 41.7 Å². The predicted octanol–water partition coefficient (Wildman–Crippen LogP) is 2.93. The summed E-state index contributed by atoms with van der Waals surface area (Å²) in [6.45, 7) is 6.61. The summed E-state index contributed by atoms with van der Waals surface area (Å²) in [5.74, 6) is 1.54. The molecule has 0 aliphatic rings. The monoisotopic (exact) mass is 368 g/mol. The molecule has 0 aliphatic carbocycles. The van der Waals surface area contributed by atoms with Crippen molar-refractivity contribution in [1.82, 2.24) is 30.5 Å². The second-order valence-corrected chi connectivity index (χ2v) is 6.08. The Hall–Kier alpha value is -3.07. The zero-order valence-corrected chi connectivity index (χ0v) is 15.6. The van der Waals surface area contributed by atoms with Crippen LogP contribution in [0.2, 0.25) is 0 Å². The lowest BCUT2D eigenvalue weighted by Gasteiger charge is -2.08. The first kappa shape index (κ1) is 17.7. The fourth-order valence-electron chi connectivity index (χ4n) is 2.38. The molecule has 3 rings (SSSR count). The number of H-pyrrole nitrogens is 1. The standard InChI is InChI=1S/C17H20N8S/c1-4-18-17(26)21-13-7-5-12(6-8-13)14-22-16(25-24-14)23-15-19-10(2)9-11(3)20-15/h5-9H,4H2,1-3H3,(H2,18,21,26)(H2,19,20,22,23,24,25). The third kappa shape index (κ3) is 4.51. The van der Waals surface area contributed by atoms with Gasteiger partial charge in [0.1, 0.15) is 0 Å². The largest absolute Gasteiger partial charge is 0.363 e. The molecule has 0 saturated carbocycles. The van der Waals surface area contributed by atoms with Gasteiger partial charge in [-0.25, -0.2) is 9.97 Å². The summed E-state index contributed by atoms with van der Waals surface area (Å²) in [5, 5.41) is 16.9. The van der Waals surface area contributed by atoms with E-state index in [-0.39, 0.29) is 0 Å². The van der Waals surface area contributed by atoms with Crippen LogP contribution < -0.4 is 16.0 Å². The molecule has 0 amide bonds. The van der Waals surface area contributed by atoms with Gasteiger partial charge in [-0.2, -0.15) is 4.98 Å². The first-order chi connectivity index (χ1) is 12.5. The van der Waals surface area contributed by atoms with Crippen molar-refractivity contribution in [2.45, 2.75) is 20.8 Å². The fourth-order valence-corrected chi connectivity index (χ4v) is 2.64. The van der Waals surface area contributed by atoms with Crippen LogP contribution >= 0.6 is 12.2 Å². The van der Waals surface area contributed by atoms with Crippen molar-refractivity contribution < 1.29 is 0 Å². The zero-order chi connectivity index (χ0) is 18.5. The Balaban J connectivity index is 1.70. The Labute approximate surface area is 156 Å². The Morgan fingerprint density at radius 1 is 1.04 bits per heavy atom. The van der Waals surface area contributed by atoms with E-state index in [1.165, 1.54) is 0 Å². The number of rotatable bonds is 5. The molecule has 0 atom stereocenters. The molecule has 0 bridgehead atoms. The van der Waals surface area contributed by atoms with Gasteiger partial charge in [-0.3, -0.25) is 10.4 Å². The average molecular weight is 368 g/mol. The van der Waals surface area contributed by atoms with Crippen molar-refractivity contribution in [3.8, 4) is 11.4 Å². The highest BCUT2D eigenvalue weighted by Gasteiger charge is 2.08. The maximum Gasteiger partial charge on any atom is 0.249 e. The quantitative estimate of drug-likeness (QED) is 0.510. The van der Waals surface area contributed by atoms with Crippen LogP contribution in [0, 0.1) is 13.8 Å². The molecule has 8 nitrogen and oxygen atoms in total. The highest BCUT2D eigenvalue weighted by molar-refractivity contribution is 7.80. The van der Waals surface area contributed by atoms with Gasteiger partial charge in [0.25, 0.3) is 0 Å². The molecule has 0 saturated heterocycles. The van der Waals surface area contributed by atoms with Crippen LogP contribution in [-0.2, 0) is 0 Å². The molecule has 26 heavy (non-hydrogen) atoms. The molecular formula is C17H20N8S. The number of nitrogens with one attached hydrogen (secondary N) is 4. The lowest BCUT2D eigenvalue weighted by molar-refractivity contribution is 0.979. The van der Waals surface area contributed by atoms with E-state index >= 15 is 0 Å². The van der Waals surface area contributed by atoms with Gasteiger partial charge in [0.15, 0.2) is 10.9 Å². The number of aromatic nitrogens is 5. The van der Waals surface area contributed by atoms with Crippen LogP contribution in [0.15, 0.2) is 30.3 Å². The zero-order valence-electron chi connectivity index (χ0n) is 14.8. The Morgan fingerprint density at radius 2 is 1.73 bits per heavy atom. The molecule has 4 N–H and O–H groups in total. The van der Waals surface area contributed by atoms with Crippen molar-refractivity contribution in [2.75, 3.05) is 17.2 Å². The number of thiocarbonyl (C=S) groups is 1. The second kappa shape index (κ2) is 7.87. The molecule has 1 aromatic carbocycles. The summed E-state index contributed by atoms with van der Waals surface area (Å²) in [7, 11) is 0. The number of hydrogen-bond donors (Lipinski definition) is 4. The van der Waals surface area contributed by atoms with Gasteiger partial charge in [-0.05, 0) is 63.3 Å². The smallest absolute Gasteiger partial charge is 0.249 e. The number of benzene rings is 1. The van der Waals surface area contributed by atoms with Gasteiger partial charge < -0.3 is 10.6 Å². The second-order valence-electron chi connectivity index (χ2n) is 5.67. The highest BCUT2D eigenvalue weighted by atomic mass is 32.1. The summed E-state index contributed by atoms with van der Waals surface area (Å²) in [5.41, 5.74) is 3.58. The molecular weight excluding hydrogens is 348 g/mol. The van der Waals surface area contributed by atoms with Crippen LogP contribution in [0.4, 0.5) is 17.6 Å². The number of aromatic amines is 1. The number of hydrogen-bond acceptors (Lipinski definition) is 6. The molecule has 134 valence electrons. The average Bonchev–Trinajstić information content (AvgIpc) is 3.03. The molecule has 0 aliphatic heterocycles. The van der Waals surface area contributed by atoms with E-state index in [1.807, 2.05) is 51.1 Å². The van der Waals surface area contributed by atoms with Crippen LogP contribution in [0.3, 0.4) is 0 Å². The molecule has 0 fully saturated rings. The van der Waals surface area contributed by atoms with Gasteiger partial charge in [-0.1, -0.05) is 0 Å². The lowest BCUT2D eigenvalue weighted by atomic mass is 10.2. The summed E-state index contributed by atoms with van der Waals surface area (Å²) in [6.07, 6.45) is 0. The Morgan fingerprint density at radius 3 is 2.38 bits per heavy atom. The van der Waals surface area contributed by atoms with E-state index in [2.05, 4.69) is 41.1 Å². The van der Waals surface area contributed by atoms with Gasteiger partial charge >= 0.3 is 0 Å². The molecule has 0 radical (unpaired) electrons. The van der Waals surface area contributed by atoms with E-state index in [0.717, 1.165) is 29.2 Å². The predicted molar refractivity (Wildman–Crippen MR) is 107 cm³/mol. The molecule has 3 aromatic rings. The Kier molecular flexibility index (Phi) is 5.37. The van der Waals surface area contributed by atoms with Crippen molar-refractivity contribution >= 4 is 34.9 Å². The van der Waals surface area contributed by atoms with Crippen LogP contribution in [-0.4, -0.2) is 36.8 Å². The van der Waals surface area contributed by atoms with Gasteiger partial charge in [-0.15, -0.1) is 5.10 Å². The summed E-state index contributed by atoms with van der Waals surface area (Å²) < 4.78 is 0. The topological polar surface area (TPSA) is 103 Å². The minimum Gasteiger partial charge on any atom is -0.363 e. The van der Waals surface area contributed by atoms with Crippen LogP contribution in [0.5, 0.6) is 0 Å².